The minimum atomic E-state index is 0.333. The van der Waals surface area contributed by atoms with Crippen LogP contribution in [0.25, 0.3) is 0 Å². The van der Waals surface area contributed by atoms with Crippen molar-refractivity contribution in [3.63, 3.8) is 0 Å². The highest BCUT2D eigenvalue weighted by Gasteiger charge is 2.27. The summed E-state index contributed by atoms with van der Waals surface area (Å²) in [5.74, 6) is 0.617. The van der Waals surface area contributed by atoms with E-state index in [2.05, 4.69) is 62.2 Å². The number of hydrogen-bond acceptors (Lipinski definition) is 3. The lowest BCUT2D eigenvalue weighted by Gasteiger charge is -2.26. The molecular formula is C17H18BrN3. The molecule has 1 atom stereocenters. The van der Waals surface area contributed by atoms with Crippen LogP contribution in [0.2, 0.25) is 0 Å². The van der Waals surface area contributed by atoms with Crippen LogP contribution in [0.3, 0.4) is 0 Å². The van der Waals surface area contributed by atoms with Gasteiger partial charge in [0.25, 0.3) is 0 Å². The number of nitrogens with zero attached hydrogens (tertiary/aromatic N) is 2. The van der Waals surface area contributed by atoms with Crippen molar-refractivity contribution < 1.29 is 0 Å². The van der Waals surface area contributed by atoms with Crippen LogP contribution >= 0.6 is 15.9 Å². The lowest BCUT2D eigenvalue weighted by atomic mass is 10.0. The summed E-state index contributed by atoms with van der Waals surface area (Å²) in [4.78, 5) is 6.57. The van der Waals surface area contributed by atoms with Gasteiger partial charge in [0.2, 0.25) is 0 Å². The summed E-state index contributed by atoms with van der Waals surface area (Å²) in [6.07, 6.45) is 2.08. The molecule has 0 amide bonds. The van der Waals surface area contributed by atoms with E-state index in [1.807, 2.05) is 18.2 Å². The molecule has 2 aromatic rings. The molecule has 0 spiro atoms. The van der Waals surface area contributed by atoms with Crippen molar-refractivity contribution in [3.8, 4) is 0 Å². The first-order valence-corrected chi connectivity index (χ1v) is 7.92. The molecule has 0 radical (unpaired) electrons. The Bertz CT molecular complexity index is 639. The third-order valence-electron chi connectivity index (χ3n) is 3.77. The van der Waals surface area contributed by atoms with Gasteiger partial charge in [0.15, 0.2) is 5.96 Å². The molecule has 0 bridgehead atoms. The first kappa shape index (κ1) is 14.1. The fraction of sp³-hybridized carbons (Fsp3) is 0.235. The van der Waals surface area contributed by atoms with Crippen molar-refractivity contribution in [3.05, 3.63) is 64.6 Å². The SMILES string of the molecule is NC1=NCC(CCc2ccccc2)N1c1cccc(Br)c1. The Morgan fingerprint density at radius 3 is 2.71 bits per heavy atom. The van der Waals surface area contributed by atoms with E-state index in [9.17, 15) is 0 Å². The van der Waals surface area contributed by atoms with Crippen LogP contribution in [0.4, 0.5) is 5.69 Å². The van der Waals surface area contributed by atoms with Crippen molar-refractivity contribution in [2.24, 2.45) is 10.7 Å². The Kier molecular flexibility index (Phi) is 4.25. The fourth-order valence-corrected chi connectivity index (χ4v) is 3.10. The molecule has 1 heterocycles. The topological polar surface area (TPSA) is 41.6 Å². The number of halogens is 1. The first-order chi connectivity index (χ1) is 10.2. The Balaban J connectivity index is 1.73. The average molecular weight is 344 g/mol. The van der Waals surface area contributed by atoms with E-state index in [-0.39, 0.29) is 0 Å². The third-order valence-corrected chi connectivity index (χ3v) is 4.26. The molecule has 0 aliphatic carbocycles. The molecule has 1 aliphatic heterocycles. The van der Waals surface area contributed by atoms with Gasteiger partial charge in [-0.05, 0) is 36.6 Å². The van der Waals surface area contributed by atoms with Crippen molar-refractivity contribution in [1.29, 1.82) is 0 Å². The fourth-order valence-electron chi connectivity index (χ4n) is 2.71. The van der Waals surface area contributed by atoms with Gasteiger partial charge in [-0.15, -0.1) is 0 Å². The van der Waals surface area contributed by atoms with Crippen LogP contribution in [-0.4, -0.2) is 18.5 Å². The molecule has 21 heavy (non-hydrogen) atoms. The van der Waals surface area contributed by atoms with Gasteiger partial charge in [-0.1, -0.05) is 52.3 Å². The minimum Gasteiger partial charge on any atom is -0.370 e. The Morgan fingerprint density at radius 2 is 1.95 bits per heavy atom. The molecule has 0 aromatic heterocycles. The highest BCUT2D eigenvalue weighted by Crippen LogP contribution is 2.26. The Hall–Kier alpha value is -1.81. The number of anilines is 1. The minimum absolute atomic E-state index is 0.333. The normalized spacial score (nSPS) is 17.9. The molecule has 1 unspecified atom stereocenters. The highest BCUT2D eigenvalue weighted by atomic mass is 79.9. The van der Waals surface area contributed by atoms with E-state index in [1.54, 1.807) is 0 Å². The quantitative estimate of drug-likeness (QED) is 0.921. The molecule has 4 heteroatoms. The summed E-state index contributed by atoms with van der Waals surface area (Å²) in [7, 11) is 0. The molecule has 3 rings (SSSR count). The van der Waals surface area contributed by atoms with Gasteiger partial charge in [0, 0.05) is 10.2 Å². The van der Waals surface area contributed by atoms with Crippen LogP contribution in [0.15, 0.2) is 64.1 Å². The number of hydrogen-bond donors (Lipinski definition) is 1. The predicted molar refractivity (Wildman–Crippen MR) is 91.7 cm³/mol. The summed E-state index contributed by atoms with van der Waals surface area (Å²) >= 11 is 3.52. The first-order valence-electron chi connectivity index (χ1n) is 7.13. The zero-order valence-corrected chi connectivity index (χ0v) is 13.3. The number of benzene rings is 2. The van der Waals surface area contributed by atoms with Crippen molar-refractivity contribution in [2.45, 2.75) is 18.9 Å². The second-order valence-corrected chi connectivity index (χ2v) is 6.14. The van der Waals surface area contributed by atoms with Crippen molar-refractivity contribution in [1.82, 2.24) is 0 Å². The summed E-state index contributed by atoms with van der Waals surface area (Å²) < 4.78 is 1.06. The van der Waals surface area contributed by atoms with Crippen LogP contribution in [-0.2, 0) is 6.42 Å². The van der Waals surface area contributed by atoms with Gasteiger partial charge in [-0.2, -0.15) is 0 Å². The molecule has 0 saturated heterocycles. The van der Waals surface area contributed by atoms with Gasteiger partial charge < -0.3 is 10.6 Å². The van der Waals surface area contributed by atoms with E-state index >= 15 is 0 Å². The summed E-state index contributed by atoms with van der Waals surface area (Å²) in [5, 5.41) is 0. The van der Waals surface area contributed by atoms with E-state index < -0.39 is 0 Å². The molecule has 1 aliphatic rings. The largest absolute Gasteiger partial charge is 0.370 e. The molecule has 3 nitrogen and oxygen atoms in total. The monoisotopic (exact) mass is 343 g/mol. The predicted octanol–water partition coefficient (Wildman–Crippen LogP) is 3.59. The molecular weight excluding hydrogens is 326 g/mol. The van der Waals surface area contributed by atoms with E-state index in [4.69, 9.17) is 5.73 Å². The Morgan fingerprint density at radius 1 is 1.14 bits per heavy atom. The third kappa shape index (κ3) is 3.27. The number of rotatable bonds is 4. The maximum Gasteiger partial charge on any atom is 0.196 e. The second kappa shape index (κ2) is 6.31. The number of nitrogens with two attached hydrogens (primary N) is 1. The molecule has 0 saturated carbocycles. The number of aliphatic imine (C=N–C) groups is 1. The van der Waals surface area contributed by atoms with Crippen molar-refractivity contribution in [2.75, 3.05) is 11.4 Å². The van der Waals surface area contributed by atoms with Gasteiger partial charge in [0.05, 0.1) is 12.6 Å². The standard InChI is InChI=1S/C17H18BrN3/c18-14-7-4-8-15(11-14)21-16(12-20-17(21)19)10-9-13-5-2-1-3-6-13/h1-8,11,16H,9-10,12H2,(H2,19,20). The summed E-state index contributed by atoms with van der Waals surface area (Å²) in [6, 6.07) is 19.1. The molecule has 108 valence electrons. The number of aryl methyl sites for hydroxylation is 1. The lowest BCUT2D eigenvalue weighted by Crippen LogP contribution is -2.41. The number of guanidine groups is 1. The Labute approximate surface area is 133 Å². The van der Waals surface area contributed by atoms with Gasteiger partial charge in [-0.3, -0.25) is 4.99 Å². The van der Waals surface area contributed by atoms with Crippen molar-refractivity contribution >= 4 is 27.6 Å². The lowest BCUT2D eigenvalue weighted by molar-refractivity contribution is 0.643. The molecule has 2 aromatic carbocycles. The summed E-state index contributed by atoms with van der Waals surface area (Å²) in [5.41, 5.74) is 8.54. The van der Waals surface area contributed by atoms with Gasteiger partial charge >= 0.3 is 0 Å². The van der Waals surface area contributed by atoms with E-state index in [1.165, 1.54) is 5.56 Å². The van der Waals surface area contributed by atoms with Crippen LogP contribution in [0.1, 0.15) is 12.0 Å². The maximum absolute atomic E-state index is 6.08. The second-order valence-electron chi connectivity index (χ2n) is 5.23. The van der Waals surface area contributed by atoms with E-state index in [0.717, 1.165) is 29.5 Å². The summed E-state index contributed by atoms with van der Waals surface area (Å²) in [6.45, 7) is 0.769. The zero-order chi connectivity index (χ0) is 14.7. The van der Waals surface area contributed by atoms with E-state index in [0.29, 0.717) is 12.0 Å². The maximum atomic E-state index is 6.08. The van der Waals surface area contributed by atoms with Crippen LogP contribution in [0.5, 0.6) is 0 Å². The van der Waals surface area contributed by atoms with Crippen LogP contribution < -0.4 is 10.6 Å². The molecule has 2 N–H and O–H groups in total. The zero-order valence-electron chi connectivity index (χ0n) is 11.7. The highest BCUT2D eigenvalue weighted by molar-refractivity contribution is 9.10. The van der Waals surface area contributed by atoms with Gasteiger partial charge in [-0.25, -0.2) is 0 Å². The average Bonchev–Trinajstić information content (AvgIpc) is 2.87. The smallest absolute Gasteiger partial charge is 0.196 e. The molecule has 0 fully saturated rings. The van der Waals surface area contributed by atoms with Gasteiger partial charge in [0.1, 0.15) is 0 Å². The van der Waals surface area contributed by atoms with Crippen LogP contribution in [0, 0.1) is 0 Å².